The molecule has 0 unspecified atom stereocenters. The third kappa shape index (κ3) is 5.45. The number of piperazine rings is 1. The van der Waals surface area contributed by atoms with Gasteiger partial charge in [-0.1, -0.05) is 43.0 Å². The van der Waals surface area contributed by atoms with Crippen LogP contribution in [0.1, 0.15) is 32.1 Å². The Morgan fingerprint density at radius 2 is 1.55 bits per heavy atom. The van der Waals surface area contributed by atoms with Gasteiger partial charge in [0.05, 0.1) is 23.8 Å². The number of para-hydroxylation sites is 1. The summed E-state index contributed by atoms with van der Waals surface area (Å²) in [5, 5.41) is 6.91. The van der Waals surface area contributed by atoms with E-state index in [2.05, 4.69) is 16.1 Å². The Balaban J connectivity index is 1.20. The molecule has 1 saturated carbocycles. The van der Waals surface area contributed by atoms with Crippen LogP contribution in [0.3, 0.4) is 0 Å². The van der Waals surface area contributed by atoms with Gasteiger partial charge in [0.25, 0.3) is 11.8 Å². The highest BCUT2D eigenvalue weighted by molar-refractivity contribution is 6.33. The number of hydrogen-bond acceptors (Lipinski definition) is 6. The van der Waals surface area contributed by atoms with Crippen LogP contribution < -0.4 is 16.1 Å². The van der Waals surface area contributed by atoms with Gasteiger partial charge in [0.15, 0.2) is 0 Å². The molecular formula is C22H29ClN6O4. The maximum atomic E-state index is 12.8. The number of urea groups is 1. The van der Waals surface area contributed by atoms with Crippen molar-refractivity contribution in [2.45, 2.75) is 37.6 Å². The molecule has 4 rings (SSSR count). The highest BCUT2D eigenvalue weighted by Gasteiger charge is 2.52. The topological polar surface area (TPSA) is 114 Å². The van der Waals surface area contributed by atoms with Crippen molar-refractivity contribution in [3.05, 3.63) is 29.3 Å². The van der Waals surface area contributed by atoms with Crippen LogP contribution in [0.15, 0.2) is 24.3 Å². The van der Waals surface area contributed by atoms with E-state index in [0.29, 0.717) is 49.7 Å². The molecule has 2 saturated heterocycles. The minimum absolute atomic E-state index is 0.0731. The average Bonchev–Trinajstić information content (AvgIpc) is 3.01. The maximum Gasteiger partial charge on any atom is 0.344 e. The Bertz CT molecular complexity index is 927. The number of benzene rings is 1. The van der Waals surface area contributed by atoms with Gasteiger partial charge >= 0.3 is 6.03 Å². The molecular weight excluding hydrogens is 448 g/mol. The number of carbonyl (C=O) groups excluding carboxylic acids is 4. The maximum absolute atomic E-state index is 12.8. The van der Waals surface area contributed by atoms with Gasteiger partial charge in [0, 0.05) is 26.2 Å². The van der Waals surface area contributed by atoms with Crippen LogP contribution in [0.25, 0.3) is 0 Å². The van der Waals surface area contributed by atoms with Crippen molar-refractivity contribution in [3.63, 3.8) is 0 Å². The molecule has 3 fully saturated rings. The molecule has 33 heavy (non-hydrogen) atoms. The summed E-state index contributed by atoms with van der Waals surface area (Å²) in [7, 11) is 0. The van der Waals surface area contributed by atoms with Crippen LogP contribution in [-0.2, 0) is 14.4 Å². The molecule has 0 bridgehead atoms. The quantitative estimate of drug-likeness (QED) is 0.531. The first-order valence-corrected chi connectivity index (χ1v) is 11.7. The summed E-state index contributed by atoms with van der Waals surface area (Å²) in [4.78, 5) is 53.8. The van der Waals surface area contributed by atoms with Crippen molar-refractivity contribution in [1.29, 1.82) is 0 Å². The summed E-state index contributed by atoms with van der Waals surface area (Å²) in [6, 6.07) is 6.50. The highest BCUT2D eigenvalue weighted by atomic mass is 35.5. The van der Waals surface area contributed by atoms with Crippen molar-refractivity contribution in [2.24, 2.45) is 0 Å². The molecule has 0 radical (unpaired) electrons. The molecule has 5 amide bonds. The molecule has 178 valence electrons. The molecule has 2 heterocycles. The van der Waals surface area contributed by atoms with Gasteiger partial charge in [-0.15, -0.1) is 0 Å². The van der Waals surface area contributed by atoms with E-state index in [4.69, 9.17) is 11.6 Å². The molecule has 3 aliphatic rings. The zero-order chi connectivity index (χ0) is 23.4. The van der Waals surface area contributed by atoms with E-state index in [1.165, 1.54) is 0 Å². The SMILES string of the molecule is O=C(CN1CCN(CC(=O)NN2C(=O)NC3(CCCCC3)C2=O)CC1)Nc1ccccc1Cl. The third-order valence-electron chi connectivity index (χ3n) is 6.45. The molecule has 10 nitrogen and oxygen atoms in total. The van der Waals surface area contributed by atoms with E-state index >= 15 is 0 Å². The number of imide groups is 1. The van der Waals surface area contributed by atoms with E-state index in [-0.39, 0.29) is 24.9 Å². The number of hydrogen-bond donors (Lipinski definition) is 3. The molecule has 1 aromatic carbocycles. The average molecular weight is 477 g/mol. The van der Waals surface area contributed by atoms with E-state index < -0.39 is 17.5 Å². The Hall–Kier alpha value is -2.69. The van der Waals surface area contributed by atoms with E-state index in [9.17, 15) is 19.2 Å². The summed E-state index contributed by atoms with van der Waals surface area (Å²) in [6.45, 7) is 2.73. The van der Waals surface area contributed by atoms with Crippen molar-refractivity contribution in [1.82, 2.24) is 25.6 Å². The predicted octanol–water partition coefficient (Wildman–Crippen LogP) is 1.18. The van der Waals surface area contributed by atoms with Crippen molar-refractivity contribution >= 4 is 41.0 Å². The second-order valence-electron chi connectivity index (χ2n) is 8.83. The van der Waals surface area contributed by atoms with Crippen LogP contribution in [0.4, 0.5) is 10.5 Å². The van der Waals surface area contributed by atoms with E-state index in [1.54, 1.807) is 24.3 Å². The van der Waals surface area contributed by atoms with Crippen LogP contribution in [0.5, 0.6) is 0 Å². The first-order chi connectivity index (χ1) is 15.9. The van der Waals surface area contributed by atoms with Gasteiger partial charge in [-0.2, -0.15) is 5.01 Å². The molecule has 3 N–H and O–H groups in total. The molecule has 0 aromatic heterocycles. The van der Waals surface area contributed by atoms with Gasteiger partial charge < -0.3 is 10.6 Å². The number of nitrogens with zero attached hydrogens (tertiary/aromatic N) is 3. The predicted molar refractivity (Wildman–Crippen MR) is 122 cm³/mol. The fourth-order valence-electron chi connectivity index (χ4n) is 4.64. The number of rotatable bonds is 6. The first kappa shape index (κ1) is 23.5. The van der Waals surface area contributed by atoms with Crippen LogP contribution in [0.2, 0.25) is 5.02 Å². The van der Waals surface area contributed by atoms with Gasteiger partial charge in [-0.25, -0.2) is 4.79 Å². The molecule has 0 atom stereocenters. The minimum atomic E-state index is -0.862. The standard InChI is InChI=1S/C22H29ClN6O4/c23-16-6-2-3-7-17(16)24-18(30)14-27-10-12-28(13-11-27)15-19(31)26-29-20(32)22(25-21(29)33)8-4-1-5-9-22/h2-3,6-7H,1,4-5,8-15H2,(H,24,30)(H,25,33)(H,26,31). The summed E-state index contributed by atoms with van der Waals surface area (Å²) >= 11 is 6.08. The Morgan fingerprint density at radius 3 is 2.18 bits per heavy atom. The first-order valence-electron chi connectivity index (χ1n) is 11.3. The van der Waals surface area contributed by atoms with Gasteiger partial charge in [-0.05, 0) is 25.0 Å². The zero-order valence-corrected chi connectivity index (χ0v) is 19.2. The minimum Gasteiger partial charge on any atom is -0.324 e. The lowest BCUT2D eigenvalue weighted by Gasteiger charge is -2.34. The molecule has 1 aromatic rings. The summed E-state index contributed by atoms with van der Waals surface area (Å²) in [6.07, 6.45) is 4.03. The van der Waals surface area contributed by atoms with Crippen molar-refractivity contribution < 1.29 is 19.2 Å². The monoisotopic (exact) mass is 476 g/mol. The molecule has 1 aliphatic carbocycles. The molecule has 1 spiro atoms. The fraction of sp³-hybridized carbons (Fsp3) is 0.545. The van der Waals surface area contributed by atoms with Crippen LogP contribution in [0, 0.1) is 0 Å². The number of hydrazine groups is 1. The Morgan fingerprint density at radius 1 is 0.939 bits per heavy atom. The number of nitrogens with one attached hydrogen (secondary N) is 3. The van der Waals surface area contributed by atoms with E-state index in [0.717, 1.165) is 24.3 Å². The van der Waals surface area contributed by atoms with Crippen molar-refractivity contribution in [2.75, 3.05) is 44.6 Å². The number of anilines is 1. The molecule has 2 aliphatic heterocycles. The van der Waals surface area contributed by atoms with Crippen molar-refractivity contribution in [3.8, 4) is 0 Å². The third-order valence-corrected chi connectivity index (χ3v) is 6.78. The normalized spacial score (nSPS) is 21.2. The lowest BCUT2D eigenvalue weighted by molar-refractivity contribution is -0.140. The summed E-state index contributed by atoms with van der Waals surface area (Å²) in [5.74, 6) is -0.921. The smallest absolute Gasteiger partial charge is 0.324 e. The molecule has 11 heteroatoms. The lowest BCUT2D eigenvalue weighted by atomic mass is 9.82. The lowest BCUT2D eigenvalue weighted by Crippen LogP contribution is -2.54. The summed E-state index contributed by atoms with van der Waals surface area (Å²) < 4.78 is 0. The van der Waals surface area contributed by atoms with Gasteiger partial charge in [-0.3, -0.25) is 29.6 Å². The Kier molecular flexibility index (Phi) is 7.16. The summed E-state index contributed by atoms with van der Waals surface area (Å²) in [5.41, 5.74) is 2.19. The Labute approximate surface area is 197 Å². The number of carbonyl (C=O) groups is 4. The van der Waals surface area contributed by atoms with Gasteiger partial charge in [0.2, 0.25) is 5.91 Å². The largest absolute Gasteiger partial charge is 0.344 e. The zero-order valence-electron chi connectivity index (χ0n) is 18.4. The number of amides is 5. The number of halogens is 1. The highest BCUT2D eigenvalue weighted by Crippen LogP contribution is 2.33. The van der Waals surface area contributed by atoms with Crippen LogP contribution in [-0.4, -0.2) is 83.4 Å². The van der Waals surface area contributed by atoms with Crippen LogP contribution >= 0.6 is 11.6 Å². The second kappa shape index (κ2) is 10.1. The van der Waals surface area contributed by atoms with E-state index in [1.807, 2.05) is 9.80 Å². The fourth-order valence-corrected chi connectivity index (χ4v) is 4.82. The second-order valence-corrected chi connectivity index (χ2v) is 9.24. The van der Waals surface area contributed by atoms with Gasteiger partial charge in [0.1, 0.15) is 5.54 Å².